The van der Waals surface area contributed by atoms with E-state index < -0.39 is 37.4 Å². The van der Waals surface area contributed by atoms with E-state index in [9.17, 15) is 9.59 Å². The quantitative estimate of drug-likeness (QED) is 0.263. The minimum Gasteiger partial charge on any atom is -0.463 e. The molecule has 0 heterocycles. The van der Waals surface area contributed by atoms with Crippen molar-refractivity contribution in [2.45, 2.75) is 37.9 Å². The van der Waals surface area contributed by atoms with Crippen LogP contribution in [0.25, 0.3) is 0 Å². The zero-order valence-electron chi connectivity index (χ0n) is 11.2. The Hall–Kier alpha value is -1.22. The second kappa shape index (κ2) is 11.6. The summed E-state index contributed by atoms with van der Waals surface area (Å²) in [5, 5.41) is 34.9. The van der Waals surface area contributed by atoms with E-state index in [0.29, 0.717) is 12.8 Å². The predicted molar refractivity (Wildman–Crippen MR) is 66.6 cm³/mol. The Morgan fingerprint density at radius 3 is 1.45 bits per heavy atom. The lowest BCUT2D eigenvalue weighted by Crippen LogP contribution is -2.22. The van der Waals surface area contributed by atoms with Crippen molar-refractivity contribution in [3.63, 3.8) is 0 Å². The normalized spacial score (nSPS) is 13.6. The Kier molecular flexibility index (Phi) is 10.9. The fourth-order valence-electron chi connectivity index (χ4n) is 1.17. The number of carbonyl (C=O) groups excluding carboxylic acids is 2. The van der Waals surface area contributed by atoms with E-state index in [1.165, 1.54) is 0 Å². The van der Waals surface area contributed by atoms with Crippen LogP contribution in [0.3, 0.4) is 0 Å². The van der Waals surface area contributed by atoms with Crippen LogP contribution in [0.4, 0.5) is 0 Å². The van der Waals surface area contributed by atoms with Crippen molar-refractivity contribution in [2.75, 3.05) is 26.4 Å². The van der Waals surface area contributed by atoms with Crippen molar-refractivity contribution in [2.24, 2.45) is 0 Å². The summed E-state index contributed by atoms with van der Waals surface area (Å²) in [6.07, 6.45) is -1.11. The number of unbranched alkanes of at least 4 members (excludes halogenated alkanes) is 1. The molecule has 2 unspecified atom stereocenters. The van der Waals surface area contributed by atoms with Crippen molar-refractivity contribution >= 4 is 11.9 Å². The topological polar surface area (TPSA) is 134 Å². The van der Waals surface area contributed by atoms with E-state index in [0.717, 1.165) is 0 Å². The number of aliphatic hydroxyl groups excluding tert-OH is 4. The molecular weight excluding hydrogens is 272 g/mol. The van der Waals surface area contributed by atoms with Crippen LogP contribution in [0.15, 0.2) is 0 Å². The van der Waals surface area contributed by atoms with Gasteiger partial charge in [-0.25, -0.2) is 0 Å². The van der Waals surface area contributed by atoms with Crippen LogP contribution in [-0.4, -0.2) is 71.0 Å². The molecule has 0 rings (SSSR count). The second-order valence-corrected chi connectivity index (χ2v) is 4.25. The molecule has 0 bridgehead atoms. The number of rotatable bonds is 11. The van der Waals surface area contributed by atoms with E-state index in [1.807, 2.05) is 0 Å². The SMILES string of the molecule is O=C(CCCCC(=O)OCC(O)CO)OCC(O)CO. The van der Waals surface area contributed by atoms with Crippen molar-refractivity contribution in [1.29, 1.82) is 0 Å². The van der Waals surface area contributed by atoms with Crippen LogP contribution in [-0.2, 0) is 19.1 Å². The Morgan fingerprint density at radius 2 is 1.15 bits per heavy atom. The first-order valence-corrected chi connectivity index (χ1v) is 6.38. The van der Waals surface area contributed by atoms with Gasteiger partial charge in [-0.1, -0.05) is 0 Å². The van der Waals surface area contributed by atoms with Gasteiger partial charge >= 0.3 is 11.9 Å². The maximum atomic E-state index is 11.2. The molecule has 2 atom stereocenters. The summed E-state index contributed by atoms with van der Waals surface area (Å²) >= 11 is 0. The summed E-state index contributed by atoms with van der Waals surface area (Å²) in [5.74, 6) is -1.02. The lowest BCUT2D eigenvalue weighted by atomic mass is 10.2. The maximum absolute atomic E-state index is 11.2. The van der Waals surface area contributed by atoms with Crippen molar-refractivity contribution in [1.82, 2.24) is 0 Å². The number of hydrogen-bond donors (Lipinski definition) is 4. The predicted octanol–water partition coefficient (Wildman–Crippen LogP) is -1.66. The van der Waals surface area contributed by atoms with Crippen LogP contribution in [0.2, 0.25) is 0 Å². The summed E-state index contributed by atoms with van der Waals surface area (Å²) in [6, 6.07) is 0. The first-order valence-electron chi connectivity index (χ1n) is 6.38. The number of esters is 2. The van der Waals surface area contributed by atoms with E-state index in [2.05, 4.69) is 9.47 Å². The zero-order valence-corrected chi connectivity index (χ0v) is 11.2. The van der Waals surface area contributed by atoms with Crippen molar-refractivity contribution in [3.8, 4) is 0 Å². The van der Waals surface area contributed by atoms with Gasteiger partial charge in [0.05, 0.1) is 13.2 Å². The first kappa shape index (κ1) is 18.8. The van der Waals surface area contributed by atoms with Crippen molar-refractivity contribution < 1.29 is 39.5 Å². The number of ether oxygens (including phenoxy) is 2. The van der Waals surface area contributed by atoms with Gasteiger partial charge in [0.25, 0.3) is 0 Å². The fraction of sp³-hybridized carbons (Fsp3) is 0.833. The van der Waals surface area contributed by atoms with E-state index >= 15 is 0 Å². The van der Waals surface area contributed by atoms with E-state index in [-0.39, 0.29) is 26.1 Å². The van der Waals surface area contributed by atoms with Crippen LogP contribution >= 0.6 is 0 Å². The zero-order chi connectivity index (χ0) is 15.4. The molecule has 0 saturated carbocycles. The van der Waals surface area contributed by atoms with Gasteiger partial charge in [0.15, 0.2) is 0 Å². The average Bonchev–Trinajstić information content (AvgIpc) is 2.46. The van der Waals surface area contributed by atoms with Gasteiger partial charge in [-0.15, -0.1) is 0 Å². The second-order valence-electron chi connectivity index (χ2n) is 4.25. The largest absolute Gasteiger partial charge is 0.463 e. The number of aliphatic hydroxyl groups is 4. The summed E-state index contributed by atoms with van der Waals surface area (Å²) in [4.78, 5) is 22.3. The molecule has 0 aromatic carbocycles. The summed E-state index contributed by atoms with van der Waals surface area (Å²) < 4.78 is 9.34. The van der Waals surface area contributed by atoms with E-state index in [4.69, 9.17) is 20.4 Å². The molecule has 8 heteroatoms. The van der Waals surface area contributed by atoms with Gasteiger partial charge < -0.3 is 29.9 Å². The molecule has 0 amide bonds. The Morgan fingerprint density at radius 1 is 0.800 bits per heavy atom. The van der Waals surface area contributed by atoms with Crippen LogP contribution in [0.5, 0.6) is 0 Å². The van der Waals surface area contributed by atoms with Gasteiger partial charge in [0.1, 0.15) is 25.4 Å². The molecule has 0 aliphatic heterocycles. The Labute approximate surface area is 116 Å². The molecule has 20 heavy (non-hydrogen) atoms. The fourth-order valence-corrected chi connectivity index (χ4v) is 1.17. The standard InChI is InChI=1S/C12H22O8/c13-5-9(15)7-19-11(17)3-1-2-4-12(18)20-8-10(16)6-14/h9-10,13-16H,1-8H2. The van der Waals surface area contributed by atoms with Gasteiger partial charge in [-0.2, -0.15) is 0 Å². The highest BCUT2D eigenvalue weighted by atomic mass is 16.5. The molecule has 0 spiro atoms. The van der Waals surface area contributed by atoms with Gasteiger partial charge in [-0.3, -0.25) is 9.59 Å². The highest BCUT2D eigenvalue weighted by Gasteiger charge is 2.10. The number of hydrogen-bond acceptors (Lipinski definition) is 8. The lowest BCUT2D eigenvalue weighted by molar-refractivity contribution is -0.149. The summed E-state index contributed by atoms with van der Waals surface area (Å²) in [5.41, 5.74) is 0. The van der Waals surface area contributed by atoms with Gasteiger partial charge in [0.2, 0.25) is 0 Å². The van der Waals surface area contributed by atoms with E-state index in [1.54, 1.807) is 0 Å². The third kappa shape index (κ3) is 10.7. The Balaban J connectivity index is 3.51. The monoisotopic (exact) mass is 294 g/mol. The third-order valence-electron chi connectivity index (χ3n) is 2.31. The molecule has 4 N–H and O–H groups in total. The van der Waals surface area contributed by atoms with Crippen LogP contribution in [0.1, 0.15) is 25.7 Å². The molecular formula is C12H22O8. The van der Waals surface area contributed by atoms with Crippen LogP contribution in [0, 0.1) is 0 Å². The molecule has 0 aromatic rings. The highest BCUT2D eigenvalue weighted by molar-refractivity contribution is 5.70. The Bertz CT molecular complexity index is 253. The molecule has 0 aliphatic rings. The van der Waals surface area contributed by atoms with Crippen molar-refractivity contribution in [3.05, 3.63) is 0 Å². The number of carbonyl (C=O) groups is 2. The summed E-state index contributed by atoms with van der Waals surface area (Å²) in [6.45, 7) is -1.45. The van der Waals surface area contributed by atoms with Gasteiger partial charge in [-0.05, 0) is 12.8 Å². The average molecular weight is 294 g/mol. The smallest absolute Gasteiger partial charge is 0.305 e. The van der Waals surface area contributed by atoms with Gasteiger partial charge in [0, 0.05) is 12.8 Å². The molecule has 0 aliphatic carbocycles. The highest BCUT2D eigenvalue weighted by Crippen LogP contribution is 2.03. The molecule has 0 fully saturated rings. The third-order valence-corrected chi connectivity index (χ3v) is 2.31. The summed E-state index contributed by atoms with van der Waals surface area (Å²) in [7, 11) is 0. The van der Waals surface area contributed by atoms with Crippen LogP contribution < -0.4 is 0 Å². The minimum absolute atomic E-state index is 0.102. The molecule has 0 saturated heterocycles. The lowest BCUT2D eigenvalue weighted by Gasteiger charge is -2.09. The molecule has 8 nitrogen and oxygen atoms in total. The molecule has 0 radical (unpaired) electrons. The molecule has 118 valence electrons. The first-order chi connectivity index (χ1) is 9.49. The maximum Gasteiger partial charge on any atom is 0.305 e. The molecule has 0 aromatic heterocycles. The minimum atomic E-state index is -1.08.